The third-order valence-corrected chi connectivity index (χ3v) is 7.84. The van der Waals surface area contributed by atoms with Crippen molar-refractivity contribution in [3.8, 4) is 28.8 Å². The molecule has 2 aliphatic rings. The number of para-hydroxylation sites is 1. The molecule has 12 heteroatoms. The van der Waals surface area contributed by atoms with Gasteiger partial charge in [-0.25, -0.2) is 8.78 Å². The summed E-state index contributed by atoms with van der Waals surface area (Å²) in [5.74, 6) is 2.54. The van der Waals surface area contributed by atoms with Crippen LogP contribution in [-0.2, 0) is 11.2 Å². The fraction of sp³-hybridized carbons (Fsp3) is 0.344. The first-order valence-corrected chi connectivity index (χ1v) is 14.4. The summed E-state index contributed by atoms with van der Waals surface area (Å²) in [6.07, 6.45) is 6.03. The average Bonchev–Trinajstić information content (AvgIpc) is 3.46. The summed E-state index contributed by atoms with van der Waals surface area (Å²) >= 11 is 6.37. The number of ether oxygens (including phenoxy) is 1. The molecule has 1 aromatic carbocycles. The summed E-state index contributed by atoms with van der Waals surface area (Å²) in [6.45, 7) is 1.78. The van der Waals surface area contributed by atoms with Crippen molar-refractivity contribution in [3.05, 3.63) is 70.7 Å². The molecule has 4 heterocycles. The Morgan fingerprint density at radius 3 is 2.86 bits per heavy atom. The molecule has 2 aromatic heterocycles. The number of anilines is 2. The first-order valence-electron chi connectivity index (χ1n) is 14.0. The molecule has 9 nitrogen and oxygen atoms in total. The van der Waals surface area contributed by atoms with Crippen LogP contribution in [0.25, 0.3) is 11.3 Å². The fourth-order valence-electron chi connectivity index (χ4n) is 5.52. The van der Waals surface area contributed by atoms with E-state index in [4.69, 9.17) is 16.3 Å². The highest BCUT2D eigenvalue weighted by atomic mass is 35.5. The lowest BCUT2D eigenvalue weighted by Crippen LogP contribution is -2.43. The van der Waals surface area contributed by atoms with Gasteiger partial charge in [-0.3, -0.25) is 14.6 Å². The van der Waals surface area contributed by atoms with Gasteiger partial charge in [0.15, 0.2) is 5.75 Å². The van der Waals surface area contributed by atoms with Crippen LogP contribution in [0.15, 0.2) is 48.8 Å². The number of halogens is 3. The number of hydrogen-bond acceptors (Lipinski definition) is 6. The second kappa shape index (κ2) is 12.3. The number of carbonyl (C=O) groups excluding carboxylic acids is 2. The van der Waals surface area contributed by atoms with E-state index in [2.05, 4.69) is 32.4 Å². The summed E-state index contributed by atoms with van der Waals surface area (Å²) < 4.78 is 34.9. The zero-order valence-corrected chi connectivity index (χ0v) is 25.6. The van der Waals surface area contributed by atoms with Gasteiger partial charge in [0.1, 0.15) is 5.54 Å². The van der Waals surface area contributed by atoms with E-state index in [0.29, 0.717) is 64.0 Å². The largest absolute Gasteiger partial charge is 0.493 e. The summed E-state index contributed by atoms with van der Waals surface area (Å²) in [5.41, 5.74) is 2.34. The van der Waals surface area contributed by atoms with Crippen molar-refractivity contribution in [3.63, 3.8) is 0 Å². The van der Waals surface area contributed by atoms with Gasteiger partial charge in [0.25, 0.3) is 11.8 Å². The molecular weight excluding hydrogens is 590 g/mol. The van der Waals surface area contributed by atoms with Crippen molar-refractivity contribution in [2.75, 3.05) is 46.2 Å². The van der Waals surface area contributed by atoms with Gasteiger partial charge in [-0.1, -0.05) is 35.6 Å². The Balaban J connectivity index is 1.58. The van der Waals surface area contributed by atoms with E-state index < -0.39 is 30.3 Å². The Morgan fingerprint density at radius 2 is 2.11 bits per heavy atom. The Kier molecular flexibility index (Phi) is 8.68. The van der Waals surface area contributed by atoms with Crippen LogP contribution in [0.4, 0.5) is 20.2 Å². The van der Waals surface area contributed by atoms with Crippen molar-refractivity contribution < 1.29 is 23.1 Å². The van der Waals surface area contributed by atoms with Crippen LogP contribution in [0.5, 0.6) is 5.75 Å². The second-order valence-corrected chi connectivity index (χ2v) is 11.7. The summed E-state index contributed by atoms with van der Waals surface area (Å²) in [5, 5.41) is 6.60. The molecule has 3 aromatic rings. The van der Waals surface area contributed by atoms with E-state index >= 15 is 0 Å². The van der Waals surface area contributed by atoms with Crippen LogP contribution in [0.3, 0.4) is 0 Å². The molecule has 5 rings (SSSR count). The van der Waals surface area contributed by atoms with Crippen LogP contribution >= 0.6 is 11.6 Å². The minimum absolute atomic E-state index is 0.254. The lowest BCUT2D eigenvalue weighted by molar-refractivity contribution is -0.129. The van der Waals surface area contributed by atoms with Crippen LogP contribution < -0.4 is 15.4 Å². The number of alkyl halides is 2. The molecule has 0 saturated carbocycles. The number of carbonyl (C=O) groups is 2. The SMILES string of the molecule is COc1c(Cl)cccc1Nc1c(-c2ccncc2C#C[C@@]2(C)CC(F)(F)CN2C(=O)/C=C/CN(C)C)[nH]c2c1C(=O)NCC2. The maximum Gasteiger partial charge on any atom is 0.268 e. The van der Waals surface area contributed by atoms with Gasteiger partial charge < -0.3 is 30.2 Å². The Hall–Kier alpha value is -4.40. The molecule has 0 unspecified atom stereocenters. The van der Waals surface area contributed by atoms with E-state index in [1.165, 1.54) is 19.4 Å². The van der Waals surface area contributed by atoms with Gasteiger partial charge >= 0.3 is 0 Å². The fourth-order valence-corrected chi connectivity index (χ4v) is 5.77. The maximum absolute atomic E-state index is 14.7. The molecule has 0 spiro atoms. The molecule has 2 amide bonds. The van der Waals surface area contributed by atoms with Gasteiger partial charge in [-0.05, 0) is 39.2 Å². The van der Waals surface area contributed by atoms with Crippen molar-refractivity contribution in [1.29, 1.82) is 0 Å². The molecule has 3 N–H and O–H groups in total. The number of nitrogens with one attached hydrogen (secondary N) is 3. The zero-order valence-electron chi connectivity index (χ0n) is 24.9. The van der Waals surface area contributed by atoms with E-state index in [1.807, 2.05) is 19.0 Å². The quantitative estimate of drug-likeness (QED) is 0.257. The summed E-state index contributed by atoms with van der Waals surface area (Å²) in [6, 6.07) is 6.97. The van der Waals surface area contributed by atoms with Crippen LogP contribution in [0.1, 0.15) is 35.0 Å². The molecule has 230 valence electrons. The minimum Gasteiger partial charge on any atom is -0.493 e. The standard InChI is InChI=1S/C32H33ClF2N6O3/c1-31(18-32(34,35)19-41(31)25(42)9-6-16-40(2)3)13-10-20-17-36-14-11-21(20)27-28(26-23(38-27)12-15-37-30(26)43)39-24-8-5-7-22(33)29(24)44-4/h5-9,11,14,17,38-39H,12,15-16,18-19H2,1-4H3,(H,37,43)/b9-6+/t31-/m0/s1. The van der Waals surface area contributed by atoms with Crippen molar-refractivity contribution in [2.24, 2.45) is 0 Å². The Labute approximate surface area is 259 Å². The predicted octanol–water partition coefficient (Wildman–Crippen LogP) is 4.86. The van der Waals surface area contributed by atoms with Crippen LogP contribution in [0, 0.1) is 11.8 Å². The molecular formula is C32H33ClF2N6O3. The Morgan fingerprint density at radius 1 is 1.32 bits per heavy atom. The Bertz CT molecular complexity index is 1690. The molecule has 44 heavy (non-hydrogen) atoms. The zero-order chi connectivity index (χ0) is 31.6. The number of rotatable bonds is 7. The normalized spacial score (nSPS) is 19.0. The van der Waals surface area contributed by atoms with E-state index in [9.17, 15) is 18.4 Å². The number of benzene rings is 1. The van der Waals surface area contributed by atoms with Gasteiger partial charge in [0.05, 0.1) is 46.9 Å². The second-order valence-electron chi connectivity index (χ2n) is 11.2. The lowest BCUT2D eigenvalue weighted by atomic mass is 9.96. The summed E-state index contributed by atoms with van der Waals surface area (Å²) in [7, 11) is 5.20. The molecule has 1 saturated heterocycles. The highest BCUT2D eigenvalue weighted by Gasteiger charge is 2.53. The number of likely N-dealkylation sites (tertiary alicyclic amines) is 1. The van der Waals surface area contributed by atoms with E-state index in [1.54, 1.807) is 43.5 Å². The number of pyridine rings is 1. The van der Waals surface area contributed by atoms with E-state index in [0.717, 1.165) is 10.6 Å². The summed E-state index contributed by atoms with van der Waals surface area (Å²) in [4.78, 5) is 36.7. The number of nitrogens with zero attached hydrogens (tertiary/aromatic N) is 3. The molecule has 0 bridgehead atoms. The lowest BCUT2D eigenvalue weighted by Gasteiger charge is -2.28. The number of methoxy groups -OCH3 is 1. The average molecular weight is 623 g/mol. The smallest absolute Gasteiger partial charge is 0.268 e. The van der Waals surface area contributed by atoms with Crippen molar-refractivity contribution in [1.82, 2.24) is 25.1 Å². The number of likely N-dealkylation sites (N-methyl/N-ethyl adjacent to an activating group) is 1. The third-order valence-electron chi connectivity index (χ3n) is 7.54. The number of H-pyrrole nitrogens is 1. The molecule has 0 aliphatic carbocycles. The number of amides is 2. The number of hydrogen-bond donors (Lipinski definition) is 3. The highest BCUT2D eigenvalue weighted by molar-refractivity contribution is 6.32. The van der Waals surface area contributed by atoms with Gasteiger partial charge in [-0.15, -0.1) is 0 Å². The van der Waals surface area contributed by atoms with Gasteiger partial charge in [0, 0.05) is 55.7 Å². The van der Waals surface area contributed by atoms with Crippen LogP contribution in [0.2, 0.25) is 5.02 Å². The first kappa shape index (κ1) is 31.0. The topological polar surface area (TPSA) is 103 Å². The number of aromatic amines is 1. The number of fused-ring (bicyclic) bond motifs is 1. The monoisotopic (exact) mass is 622 g/mol. The first-order chi connectivity index (χ1) is 20.9. The molecule has 1 atom stereocenters. The van der Waals surface area contributed by atoms with Crippen LogP contribution in [-0.4, -0.2) is 83.9 Å². The van der Waals surface area contributed by atoms with E-state index in [-0.39, 0.29) is 5.91 Å². The molecule has 1 fully saturated rings. The minimum atomic E-state index is -3.09. The number of aromatic nitrogens is 2. The van der Waals surface area contributed by atoms with Gasteiger partial charge in [0.2, 0.25) is 5.91 Å². The van der Waals surface area contributed by atoms with Crippen molar-refractivity contribution >= 4 is 34.8 Å². The highest BCUT2D eigenvalue weighted by Crippen LogP contribution is 2.42. The molecule has 2 aliphatic heterocycles. The molecule has 0 radical (unpaired) electrons. The third kappa shape index (κ3) is 6.27. The maximum atomic E-state index is 14.7. The van der Waals surface area contributed by atoms with Gasteiger partial charge in [-0.2, -0.15) is 0 Å². The predicted molar refractivity (Wildman–Crippen MR) is 166 cm³/mol. The van der Waals surface area contributed by atoms with Crippen molar-refractivity contribution in [2.45, 2.75) is 31.2 Å².